The zero-order valence-electron chi connectivity index (χ0n) is 11.4. The minimum absolute atomic E-state index is 0.0322. The first-order valence-electron chi connectivity index (χ1n) is 6.88. The molecule has 1 aliphatic heterocycles. The number of anilines is 2. The summed E-state index contributed by atoms with van der Waals surface area (Å²) in [6.07, 6.45) is 2.14. The monoisotopic (exact) mass is 346 g/mol. The van der Waals surface area contributed by atoms with E-state index in [9.17, 15) is 4.79 Å². The van der Waals surface area contributed by atoms with Crippen molar-refractivity contribution >= 4 is 33.3 Å². The summed E-state index contributed by atoms with van der Waals surface area (Å²) in [5.41, 5.74) is 1.32. The van der Waals surface area contributed by atoms with Crippen molar-refractivity contribution in [2.24, 2.45) is 0 Å². The molecule has 1 amide bonds. The largest absolute Gasteiger partial charge is 0.339 e. The van der Waals surface area contributed by atoms with Crippen molar-refractivity contribution in [1.29, 1.82) is 0 Å². The van der Waals surface area contributed by atoms with Crippen molar-refractivity contribution in [1.82, 2.24) is 15.1 Å². The number of rotatable bonds is 3. The van der Waals surface area contributed by atoms with E-state index in [1.54, 1.807) is 12.1 Å². The van der Waals surface area contributed by atoms with E-state index in [2.05, 4.69) is 31.4 Å². The molecule has 2 heterocycles. The van der Waals surface area contributed by atoms with Crippen LogP contribution in [0.15, 0.2) is 40.9 Å². The van der Waals surface area contributed by atoms with Crippen LogP contribution in [0.3, 0.4) is 0 Å². The lowest BCUT2D eigenvalue weighted by atomic mass is 10.3. The molecule has 0 unspecified atom stereocenters. The van der Waals surface area contributed by atoms with E-state index in [1.807, 2.05) is 29.2 Å². The van der Waals surface area contributed by atoms with Gasteiger partial charge in [0.1, 0.15) is 0 Å². The number of hydrogen-bond donors (Lipinski definition) is 1. The Morgan fingerprint density at radius 2 is 1.76 bits per heavy atom. The molecule has 1 N–H and O–H groups in total. The third-order valence-electron chi connectivity index (χ3n) is 3.39. The molecule has 6 heteroatoms. The van der Waals surface area contributed by atoms with E-state index >= 15 is 0 Å². The molecule has 3 rings (SSSR count). The maximum Gasteiger partial charge on any atom is 0.274 e. The highest BCUT2D eigenvalue weighted by Crippen LogP contribution is 2.18. The minimum atomic E-state index is -0.0322. The highest BCUT2D eigenvalue weighted by molar-refractivity contribution is 9.10. The van der Waals surface area contributed by atoms with Crippen LogP contribution in [0.2, 0.25) is 0 Å². The number of halogens is 1. The lowest BCUT2D eigenvalue weighted by Crippen LogP contribution is -2.28. The van der Waals surface area contributed by atoms with Gasteiger partial charge >= 0.3 is 0 Å². The van der Waals surface area contributed by atoms with E-state index in [-0.39, 0.29) is 5.91 Å². The fraction of sp³-hybridized carbons (Fsp3) is 0.267. The molecule has 1 aliphatic rings. The van der Waals surface area contributed by atoms with Crippen LogP contribution in [0, 0.1) is 0 Å². The molecule has 1 aromatic heterocycles. The van der Waals surface area contributed by atoms with Gasteiger partial charge in [0, 0.05) is 23.2 Å². The molecule has 0 saturated carbocycles. The fourth-order valence-electron chi connectivity index (χ4n) is 2.28. The molecule has 0 radical (unpaired) electrons. The third kappa shape index (κ3) is 3.39. The van der Waals surface area contributed by atoms with Crippen molar-refractivity contribution in [2.75, 3.05) is 18.4 Å². The Bertz CT molecular complexity index is 621. The molecule has 21 heavy (non-hydrogen) atoms. The number of likely N-dealkylation sites (tertiary alicyclic amines) is 1. The van der Waals surface area contributed by atoms with Crippen LogP contribution in [-0.2, 0) is 0 Å². The topological polar surface area (TPSA) is 58.1 Å². The summed E-state index contributed by atoms with van der Waals surface area (Å²) in [4.78, 5) is 14.0. The normalized spacial score (nSPS) is 14.2. The standard InChI is InChI=1S/C15H15BrN4O/c16-11-3-5-12(6-4-11)17-14-8-7-13(18-19-14)15(21)20-9-1-2-10-20/h3-8H,1-2,9-10H2,(H,17,19). The van der Waals surface area contributed by atoms with Gasteiger partial charge < -0.3 is 10.2 Å². The molecule has 5 nitrogen and oxygen atoms in total. The van der Waals surface area contributed by atoms with Gasteiger partial charge in [-0.3, -0.25) is 4.79 Å². The van der Waals surface area contributed by atoms with E-state index in [0.29, 0.717) is 11.5 Å². The second-order valence-corrected chi connectivity index (χ2v) is 5.85. The maximum atomic E-state index is 12.2. The van der Waals surface area contributed by atoms with Gasteiger partial charge in [0.2, 0.25) is 0 Å². The van der Waals surface area contributed by atoms with Crippen LogP contribution in [0.4, 0.5) is 11.5 Å². The lowest BCUT2D eigenvalue weighted by molar-refractivity contribution is 0.0786. The number of nitrogens with zero attached hydrogens (tertiary/aromatic N) is 3. The number of amides is 1. The Labute approximate surface area is 131 Å². The number of aromatic nitrogens is 2. The Balaban J connectivity index is 1.68. The average molecular weight is 347 g/mol. The number of benzene rings is 1. The zero-order valence-corrected chi connectivity index (χ0v) is 13.0. The van der Waals surface area contributed by atoms with Crippen molar-refractivity contribution in [3.63, 3.8) is 0 Å². The molecule has 108 valence electrons. The molecule has 0 spiro atoms. The Morgan fingerprint density at radius 1 is 1.05 bits per heavy atom. The predicted molar refractivity (Wildman–Crippen MR) is 84.6 cm³/mol. The van der Waals surface area contributed by atoms with Crippen molar-refractivity contribution in [3.05, 3.63) is 46.6 Å². The SMILES string of the molecule is O=C(c1ccc(Nc2ccc(Br)cc2)nn1)N1CCCC1. The van der Waals surface area contributed by atoms with Crippen molar-refractivity contribution < 1.29 is 4.79 Å². The van der Waals surface area contributed by atoms with Gasteiger partial charge in [0.25, 0.3) is 5.91 Å². The molecule has 1 aromatic carbocycles. The number of carbonyl (C=O) groups is 1. The summed E-state index contributed by atoms with van der Waals surface area (Å²) in [6.45, 7) is 1.64. The van der Waals surface area contributed by atoms with Crippen LogP contribution in [0.25, 0.3) is 0 Å². The zero-order chi connectivity index (χ0) is 14.7. The van der Waals surface area contributed by atoms with E-state index < -0.39 is 0 Å². The first-order valence-corrected chi connectivity index (χ1v) is 7.67. The second kappa shape index (κ2) is 6.22. The van der Waals surface area contributed by atoms with Gasteiger partial charge in [-0.05, 0) is 49.2 Å². The third-order valence-corrected chi connectivity index (χ3v) is 3.92. The summed E-state index contributed by atoms with van der Waals surface area (Å²) in [7, 11) is 0. The number of hydrogen-bond acceptors (Lipinski definition) is 4. The minimum Gasteiger partial charge on any atom is -0.339 e. The highest BCUT2D eigenvalue weighted by atomic mass is 79.9. The van der Waals surface area contributed by atoms with E-state index in [0.717, 1.165) is 36.1 Å². The number of carbonyl (C=O) groups excluding carboxylic acids is 1. The van der Waals surface area contributed by atoms with Gasteiger partial charge in [0.15, 0.2) is 11.5 Å². The molecule has 1 saturated heterocycles. The van der Waals surface area contributed by atoms with Crippen LogP contribution >= 0.6 is 15.9 Å². The highest BCUT2D eigenvalue weighted by Gasteiger charge is 2.20. The van der Waals surface area contributed by atoms with Crippen LogP contribution < -0.4 is 5.32 Å². The summed E-state index contributed by atoms with van der Waals surface area (Å²) in [5.74, 6) is 0.588. The quantitative estimate of drug-likeness (QED) is 0.926. The first-order chi connectivity index (χ1) is 10.2. The fourth-order valence-corrected chi connectivity index (χ4v) is 2.54. The van der Waals surface area contributed by atoms with Gasteiger partial charge in [-0.1, -0.05) is 15.9 Å². The summed E-state index contributed by atoms with van der Waals surface area (Å²) in [6, 6.07) is 11.3. The summed E-state index contributed by atoms with van der Waals surface area (Å²) in [5, 5.41) is 11.2. The van der Waals surface area contributed by atoms with Crippen LogP contribution in [0.1, 0.15) is 23.3 Å². The molecular weight excluding hydrogens is 332 g/mol. The van der Waals surface area contributed by atoms with Crippen molar-refractivity contribution in [3.8, 4) is 0 Å². The molecular formula is C15H15BrN4O. The Kier molecular flexibility index (Phi) is 4.15. The van der Waals surface area contributed by atoms with Gasteiger partial charge in [-0.15, -0.1) is 10.2 Å². The second-order valence-electron chi connectivity index (χ2n) is 4.94. The molecule has 1 fully saturated rings. The maximum absolute atomic E-state index is 12.2. The van der Waals surface area contributed by atoms with Gasteiger partial charge in [-0.25, -0.2) is 0 Å². The molecule has 2 aromatic rings. The first kappa shape index (κ1) is 14.0. The van der Waals surface area contributed by atoms with Gasteiger partial charge in [0.05, 0.1) is 0 Å². The summed E-state index contributed by atoms with van der Waals surface area (Å²) >= 11 is 3.39. The molecule has 0 bridgehead atoms. The van der Waals surface area contributed by atoms with Crippen LogP contribution in [-0.4, -0.2) is 34.1 Å². The molecule has 0 aliphatic carbocycles. The van der Waals surface area contributed by atoms with Crippen molar-refractivity contribution in [2.45, 2.75) is 12.8 Å². The summed E-state index contributed by atoms with van der Waals surface area (Å²) < 4.78 is 1.02. The smallest absolute Gasteiger partial charge is 0.274 e. The van der Waals surface area contributed by atoms with E-state index in [4.69, 9.17) is 0 Å². The van der Waals surface area contributed by atoms with Gasteiger partial charge in [-0.2, -0.15) is 0 Å². The Morgan fingerprint density at radius 3 is 2.38 bits per heavy atom. The number of nitrogens with one attached hydrogen (secondary N) is 1. The molecule has 0 atom stereocenters. The average Bonchev–Trinajstić information content (AvgIpc) is 3.04. The predicted octanol–water partition coefficient (Wildman–Crippen LogP) is 3.22. The van der Waals surface area contributed by atoms with Crippen LogP contribution in [0.5, 0.6) is 0 Å². The Hall–Kier alpha value is -1.95. The van der Waals surface area contributed by atoms with E-state index in [1.165, 1.54) is 0 Å². The lowest BCUT2D eigenvalue weighted by Gasteiger charge is -2.14.